The fourth-order valence-electron chi connectivity index (χ4n) is 2.16. The summed E-state index contributed by atoms with van der Waals surface area (Å²) in [5.74, 6) is -0.0799. The first kappa shape index (κ1) is 16.1. The molecule has 0 saturated heterocycles. The van der Waals surface area contributed by atoms with Gasteiger partial charge >= 0.3 is 0 Å². The lowest BCUT2D eigenvalue weighted by Crippen LogP contribution is -2.28. The maximum atomic E-state index is 12.4. The van der Waals surface area contributed by atoms with Crippen LogP contribution in [0.4, 0.5) is 0 Å². The van der Waals surface area contributed by atoms with Gasteiger partial charge in [0, 0.05) is 9.50 Å². The van der Waals surface area contributed by atoms with E-state index in [0.717, 1.165) is 22.0 Å². The van der Waals surface area contributed by atoms with Gasteiger partial charge in [-0.05, 0) is 64.7 Å². The summed E-state index contributed by atoms with van der Waals surface area (Å²) in [5, 5.41) is 3.76. The van der Waals surface area contributed by atoms with Crippen molar-refractivity contribution in [1.29, 1.82) is 0 Å². The Balaban J connectivity index is 2.18. The van der Waals surface area contributed by atoms with Gasteiger partial charge in [0.05, 0.1) is 11.6 Å². The van der Waals surface area contributed by atoms with Crippen molar-refractivity contribution in [3.8, 4) is 0 Å². The number of aryl methyl sites for hydroxylation is 1. The van der Waals surface area contributed by atoms with Crippen molar-refractivity contribution in [2.24, 2.45) is 0 Å². The van der Waals surface area contributed by atoms with Gasteiger partial charge in [0.2, 0.25) is 0 Å². The molecule has 0 bridgehead atoms. The summed E-state index contributed by atoms with van der Waals surface area (Å²) in [7, 11) is 0. The van der Waals surface area contributed by atoms with Gasteiger partial charge in [0.1, 0.15) is 0 Å². The number of rotatable bonds is 4. The average Bonchev–Trinajstić information content (AvgIpc) is 2.45. The van der Waals surface area contributed by atoms with Gasteiger partial charge in [0.25, 0.3) is 5.91 Å². The molecular formula is C17H17BrClNO. The van der Waals surface area contributed by atoms with Gasteiger partial charge in [-0.1, -0.05) is 36.7 Å². The lowest BCUT2D eigenvalue weighted by molar-refractivity contribution is 0.0935. The van der Waals surface area contributed by atoms with E-state index in [1.165, 1.54) is 0 Å². The molecule has 0 heterocycles. The van der Waals surface area contributed by atoms with Crippen LogP contribution in [0, 0.1) is 6.92 Å². The SMILES string of the molecule is CCC(NC(=O)c1ccc(C)cc1Br)c1ccc(Cl)cc1. The van der Waals surface area contributed by atoms with Crippen LogP contribution in [0.15, 0.2) is 46.9 Å². The lowest BCUT2D eigenvalue weighted by Gasteiger charge is -2.18. The molecule has 1 unspecified atom stereocenters. The zero-order valence-corrected chi connectivity index (χ0v) is 14.3. The number of carbonyl (C=O) groups is 1. The van der Waals surface area contributed by atoms with Crippen molar-refractivity contribution in [3.63, 3.8) is 0 Å². The zero-order chi connectivity index (χ0) is 15.4. The lowest BCUT2D eigenvalue weighted by atomic mass is 10.0. The first-order valence-corrected chi connectivity index (χ1v) is 8.01. The molecule has 0 aliphatic heterocycles. The quantitative estimate of drug-likeness (QED) is 0.782. The fraction of sp³-hybridized carbons (Fsp3) is 0.235. The third-order valence-electron chi connectivity index (χ3n) is 3.36. The molecule has 0 aliphatic rings. The molecular weight excluding hydrogens is 350 g/mol. The summed E-state index contributed by atoms with van der Waals surface area (Å²) in [5.41, 5.74) is 2.81. The van der Waals surface area contributed by atoms with Crippen LogP contribution in [0.5, 0.6) is 0 Å². The molecule has 0 aromatic heterocycles. The molecule has 21 heavy (non-hydrogen) atoms. The topological polar surface area (TPSA) is 29.1 Å². The first-order valence-electron chi connectivity index (χ1n) is 6.83. The Morgan fingerprint density at radius 3 is 2.48 bits per heavy atom. The summed E-state index contributed by atoms with van der Waals surface area (Å²) in [4.78, 5) is 12.4. The summed E-state index contributed by atoms with van der Waals surface area (Å²) in [6, 6.07) is 13.3. The van der Waals surface area contributed by atoms with Crippen molar-refractivity contribution >= 4 is 33.4 Å². The predicted octanol–water partition coefficient (Wildman–Crippen LogP) is 5.29. The van der Waals surface area contributed by atoms with E-state index in [0.29, 0.717) is 10.6 Å². The van der Waals surface area contributed by atoms with Crippen LogP contribution in [0.2, 0.25) is 5.02 Å². The first-order chi connectivity index (χ1) is 10.0. The summed E-state index contributed by atoms with van der Waals surface area (Å²) in [6.07, 6.45) is 0.816. The van der Waals surface area contributed by atoms with Gasteiger partial charge in [-0.2, -0.15) is 0 Å². The van der Waals surface area contributed by atoms with Crippen LogP contribution < -0.4 is 5.32 Å². The van der Waals surface area contributed by atoms with Crippen LogP contribution in [0.1, 0.15) is 40.9 Å². The van der Waals surface area contributed by atoms with E-state index < -0.39 is 0 Å². The van der Waals surface area contributed by atoms with Crippen LogP contribution in [0.25, 0.3) is 0 Å². The summed E-state index contributed by atoms with van der Waals surface area (Å²) in [6.45, 7) is 4.04. The highest BCUT2D eigenvalue weighted by molar-refractivity contribution is 9.10. The highest BCUT2D eigenvalue weighted by Gasteiger charge is 2.16. The molecule has 1 amide bonds. The second kappa shape index (κ2) is 7.10. The number of halogens is 2. The molecule has 0 saturated carbocycles. The molecule has 2 nitrogen and oxygen atoms in total. The second-order valence-electron chi connectivity index (χ2n) is 4.97. The average molecular weight is 367 g/mol. The van der Waals surface area contributed by atoms with E-state index in [2.05, 4.69) is 21.2 Å². The van der Waals surface area contributed by atoms with Gasteiger partial charge < -0.3 is 5.32 Å². The standard InChI is InChI=1S/C17H17BrClNO/c1-3-16(12-5-7-13(19)8-6-12)20-17(21)14-9-4-11(2)10-15(14)18/h4-10,16H,3H2,1-2H3,(H,20,21). The summed E-state index contributed by atoms with van der Waals surface area (Å²) >= 11 is 9.35. The highest BCUT2D eigenvalue weighted by atomic mass is 79.9. The Morgan fingerprint density at radius 1 is 1.24 bits per heavy atom. The normalized spacial score (nSPS) is 12.0. The van der Waals surface area contributed by atoms with E-state index in [-0.39, 0.29) is 11.9 Å². The number of nitrogens with one attached hydrogen (secondary N) is 1. The maximum Gasteiger partial charge on any atom is 0.252 e. The molecule has 0 aliphatic carbocycles. The number of hydrogen-bond donors (Lipinski definition) is 1. The van der Waals surface area contributed by atoms with Crippen molar-refractivity contribution in [2.75, 3.05) is 0 Å². The second-order valence-corrected chi connectivity index (χ2v) is 6.26. The van der Waals surface area contributed by atoms with E-state index >= 15 is 0 Å². The number of carbonyl (C=O) groups excluding carboxylic acids is 1. The minimum absolute atomic E-state index is 0.0250. The van der Waals surface area contributed by atoms with E-state index in [1.54, 1.807) is 0 Å². The van der Waals surface area contributed by atoms with Crippen molar-refractivity contribution in [2.45, 2.75) is 26.3 Å². The zero-order valence-electron chi connectivity index (χ0n) is 12.0. The Morgan fingerprint density at radius 2 is 1.90 bits per heavy atom. The number of benzene rings is 2. The van der Waals surface area contributed by atoms with Crippen LogP contribution in [0.3, 0.4) is 0 Å². The van der Waals surface area contributed by atoms with Crippen molar-refractivity contribution in [3.05, 3.63) is 68.7 Å². The monoisotopic (exact) mass is 365 g/mol. The third kappa shape index (κ3) is 4.08. The minimum Gasteiger partial charge on any atom is -0.345 e. The number of hydrogen-bond acceptors (Lipinski definition) is 1. The Kier molecular flexibility index (Phi) is 5.43. The molecule has 0 radical (unpaired) electrons. The van der Waals surface area contributed by atoms with Crippen LogP contribution in [-0.4, -0.2) is 5.91 Å². The predicted molar refractivity (Wildman–Crippen MR) is 90.8 cm³/mol. The van der Waals surface area contributed by atoms with Gasteiger partial charge in [-0.25, -0.2) is 0 Å². The third-order valence-corrected chi connectivity index (χ3v) is 4.26. The molecule has 2 rings (SSSR count). The number of amides is 1. The Hall–Kier alpha value is -1.32. The fourth-order valence-corrected chi connectivity index (χ4v) is 2.96. The van der Waals surface area contributed by atoms with Gasteiger partial charge in [0.15, 0.2) is 0 Å². The molecule has 1 atom stereocenters. The van der Waals surface area contributed by atoms with Crippen molar-refractivity contribution < 1.29 is 4.79 Å². The maximum absolute atomic E-state index is 12.4. The largest absolute Gasteiger partial charge is 0.345 e. The van der Waals surface area contributed by atoms with Gasteiger partial charge in [-0.3, -0.25) is 4.79 Å². The van der Waals surface area contributed by atoms with Crippen LogP contribution in [-0.2, 0) is 0 Å². The summed E-state index contributed by atoms with van der Waals surface area (Å²) < 4.78 is 0.811. The van der Waals surface area contributed by atoms with Gasteiger partial charge in [-0.15, -0.1) is 0 Å². The highest BCUT2D eigenvalue weighted by Crippen LogP contribution is 2.22. The Labute approximate surface area is 138 Å². The smallest absolute Gasteiger partial charge is 0.252 e. The molecule has 4 heteroatoms. The molecule has 0 fully saturated rings. The van der Waals surface area contributed by atoms with E-state index in [9.17, 15) is 4.79 Å². The van der Waals surface area contributed by atoms with Crippen molar-refractivity contribution in [1.82, 2.24) is 5.32 Å². The molecule has 2 aromatic carbocycles. The van der Waals surface area contributed by atoms with E-state index in [4.69, 9.17) is 11.6 Å². The molecule has 2 aromatic rings. The molecule has 1 N–H and O–H groups in total. The van der Waals surface area contributed by atoms with E-state index in [1.807, 2.05) is 56.3 Å². The Bertz CT molecular complexity index is 640. The molecule has 0 spiro atoms. The molecule has 110 valence electrons. The van der Waals surface area contributed by atoms with Crippen LogP contribution >= 0.6 is 27.5 Å². The minimum atomic E-state index is -0.0799.